The van der Waals surface area contributed by atoms with Gasteiger partial charge in [-0.15, -0.1) is 11.3 Å². The molecular weight excluding hydrogens is 562 g/mol. The number of benzene rings is 1. The van der Waals surface area contributed by atoms with E-state index in [2.05, 4.69) is 4.98 Å². The number of fused-ring (bicyclic) bond motifs is 2. The first-order valence-electron chi connectivity index (χ1n) is 13.9. The normalized spacial score (nSPS) is 19.8. The number of rotatable bonds is 9. The van der Waals surface area contributed by atoms with Gasteiger partial charge in [-0.05, 0) is 57.1 Å². The standard InChI is InChI=1S/C30H33N3O8S/c1-16-23-26(34)33(30(2,3)28(35)36)29(37)32(27(23)42-24(16)25-31-9-10-40-25)13-22(20-7-5-6-8-21(20)38-4)41-19-11-17-14-39-15-18(17)12-19/h5-10,17-19,22H,11-15H2,1-4H3,(H,35,36)/t17-,18-,22-/m1/s1. The number of methoxy groups -OCH3 is 1. The molecule has 3 aromatic heterocycles. The zero-order chi connectivity index (χ0) is 29.8. The van der Waals surface area contributed by atoms with Gasteiger partial charge in [0.1, 0.15) is 28.5 Å². The molecule has 1 saturated carbocycles. The number of nitrogens with zero attached hydrogens (tertiary/aromatic N) is 3. The molecule has 1 aliphatic carbocycles. The Morgan fingerprint density at radius 2 is 1.93 bits per heavy atom. The zero-order valence-electron chi connectivity index (χ0n) is 23.9. The summed E-state index contributed by atoms with van der Waals surface area (Å²) in [5.74, 6) is 0.489. The molecule has 4 heterocycles. The number of aromatic nitrogens is 3. The van der Waals surface area contributed by atoms with Crippen LogP contribution in [0.15, 0.2) is 50.7 Å². The van der Waals surface area contributed by atoms with Crippen LogP contribution in [0.25, 0.3) is 21.0 Å². The van der Waals surface area contributed by atoms with E-state index in [-0.39, 0.29) is 18.0 Å². The molecule has 3 atom stereocenters. The van der Waals surface area contributed by atoms with Crippen molar-refractivity contribution in [2.24, 2.45) is 11.8 Å². The summed E-state index contributed by atoms with van der Waals surface area (Å²) in [6.07, 6.45) is 3.95. The lowest BCUT2D eigenvalue weighted by molar-refractivity contribution is -0.146. The Bertz CT molecular complexity index is 1740. The van der Waals surface area contributed by atoms with Crippen molar-refractivity contribution < 1.29 is 28.5 Å². The molecule has 42 heavy (non-hydrogen) atoms. The average molecular weight is 596 g/mol. The van der Waals surface area contributed by atoms with Crippen LogP contribution in [-0.4, -0.2) is 51.6 Å². The van der Waals surface area contributed by atoms with Gasteiger partial charge in [-0.3, -0.25) is 9.36 Å². The third-order valence-electron chi connectivity index (χ3n) is 8.57. The highest BCUT2D eigenvalue weighted by atomic mass is 32.1. The molecule has 11 nitrogen and oxygen atoms in total. The molecule has 4 aromatic rings. The van der Waals surface area contributed by atoms with Crippen LogP contribution in [0, 0.1) is 18.8 Å². The van der Waals surface area contributed by atoms with E-state index >= 15 is 0 Å². The third-order valence-corrected chi connectivity index (χ3v) is 9.88. The Morgan fingerprint density at radius 3 is 2.57 bits per heavy atom. The summed E-state index contributed by atoms with van der Waals surface area (Å²) in [5.41, 5.74) is -1.91. The Labute approximate surface area is 245 Å². The second kappa shape index (κ2) is 10.8. The molecule has 6 rings (SSSR count). The average Bonchev–Trinajstić information content (AvgIpc) is 3.75. The Morgan fingerprint density at radius 1 is 1.21 bits per heavy atom. The molecule has 12 heteroatoms. The van der Waals surface area contributed by atoms with E-state index < -0.39 is 28.9 Å². The van der Waals surface area contributed by atoms with Crippen molar-refractivity contribution >= 4 is 27.5 Å². The number of thiophene rings is 1. The van der Waals surface area contributed by atoms with Gasteiger partial charge < -0.3 is 23.7 Å². The number of carboxylic acid groups (broad SMARTS) is 1. The summed E-state index contributed by atoms with van der Waals surface area (Å²) < 4.78 is 25.9. The van der Waals surface area contributed by atoms with Crippen LogP contribution < -0.4 is 16.0 Å². The Balaban J connectivity index is 1.54. The van der Waals surface area contributed by atoms with Crippen LogP contribution in [0.3, 0.4) is 0 Å². The lowest BCUT2D eigenvalue weighted by Gasteiger charge is -2.27. The van der Waals surface area contributed by atoms with Gasteiger partial charge in [0.2, 0.25) is 5.89 Å². The molecule has 1 N–H and O–H groups in total. The quantitative estimate of drug-likeness (QED) is 0.302. The molecule has 0 bridgehead atoms. The topological polar surface area (TPSA) is 135 Å². The smallest absolute Gasteiger partial charge is 0.333 e. The van der Waals surface area contributed by atoms with E-state index in [1.165, 1.54) is 42.2 Å². The lowest BCUT2D eigenvalue weighted by Crippen LogP contribution is -2.52. The van der Waals surface area contributed by atoms with Gasteiger partial charge in [0.25, 0.3) is 5.56 Å². The summed E-state index contributed by atoms with van der Waals surface area (Å²) in [4.78, 5) is 45.6. The van der Waals surface area contributed by atoms with E-state index in [4.69, 9.17) is 18.6 Å². The first kappa shape index (κ1) is 28.4. The Kier molecular flexibility index (Phi) is 7.32. The maximum atomic E-state index is 14.2. The fraction of sp³-hybridized carbons (Fsp3) is 0.467. The van der Waals surface area contributed by atoms with Gasteiger partial charge in [-0.1, -0.05) is 18.2 Å². The van der Waals surface area contributed by atoms with Gasteiger partial charge in [0, 0.05) is 18.8 Å². The first-order valence-corrected chi connectivity index (χ1v) is 14.7. The van der Waals surface area contributed by atoms with Crippen molar-refractivity contribution in [3.63, 3.8) is 0 Å². The summed E-state index contributed by atoms with van der Waals surface area (Å²) >= 11 is 1.21. The van der Waals surface area contributed by atoms with Crippen LogP contribution in [0.2, 0.25) is 0 Å². The fourth-order valence-corrected chi connectivity index (χ4v) is 7.47. The summed E-state index contributed by atoms with van der Waals surface area (Å²) in [6.45, 7) is 5.91. The SMILES string of the molecule is COc1ccccc1[C@@H](Cn1c(=O)n(C(C)(C)C(=O)O)c(=O)c2c(C)c(-c3ncco3)sc21)OC1C[C@@H]2COC[C@H]2C1. The van der Waals surface area contributed by atoms with Crippen molar-refractivity contribution in [2.75, 3.05) is 20.3 Å². The number of ether oxygens (including phenoxy) is 3. The third kappa shape index (κ3) is 4.67. The van der Waals surface area contributed by atoms with Crippen LogP contribution in [0.4, 0.5) is 0 Å². The van der Waals surface area contributed by atoms with Gasteiger partial charge in [0.15, 0.2) is 0 Å². The molecular formula is C30H33N3O8S. The van der Waals surface area contributed by atoms with Gasteiger partial charge in [0.05, 0.1) is 36.2 Å². The largest absolute Gasteiger partial charge is 0.496 e. The summed E-state index contributed by atoms with van der Waals surface area (Å²) in [5, 5.41) is 10.3. The number of hydrogen-bond donors (Lipinski definition) is 1. The monoisotopic (exact) mass is 595 g/mol. The second-order valence-corrected chi connectivity index (χ2v) is 12.5. The van der Waals surface area contributed by atoms with Crippen molar-refractivity contribution in [1.29, 1.82) is 0 Å². The summed E-state index contributed by atoms with van der Waals surface area (Å²) in [7, 11) is 1.58. The molecule has 0 spiro atoms. The van der Waals surface area contributed by atoms with E-state index in [9.17, 15) is 19.5 Å². The highest BCUT2D eigenvalue weighted by Crippen LogP contribution is 2.42. The minimum Gasteiger partial charge on any atom is -0.496 e. The second-order valence-electron chi connectivity index (χ2n) is 11.5. The predicted octanol–water partition coefficient (Wildman–Crippen LogP) is 4.20. The molecule has 0 amide bonds. The van der Waals surface area contributed by atoms with E-state index in [0.717, 1.165) is 36.2 Å². The Hall–Kier alpha value is -3.74. The lowest BCUT2D eigenvalue weighted by atomic mass is 10.0. The van der Waals surface area contributed by atoms with Crippen molar-refractivity contribution in [3.05, 3.63) is 68.7 Å². The highest BCUT2D eigenvalue weighted by molar-refractivity contribution is 7.22. The molecule has 1 aliphatic heterocycles. The molecule has 222 valence electrons. The van der Waals surface area contributed by atoms with Crippen molar-refractivity contribution in [3.8, 4) is 16.5 Å². The van der Waals surface area contributed by atoms with Gasteiger partial charge in [-0.25, -0.2) is 19.1 Å². The molecule has 1 aromatic carbocycles. The maximum absolute atomic E-state index is 14.2. The molecule has 0 radical (unpaired) electrons. The zero-order valence-corrected chi connectivity index (χ0v) is 24.7. The molecule has 1 saturated heterocycles. The number of para-hydroxylation sites is 1. The van der Waals surface area contributed by atoms with Gasteiger partial charge >= 0.3 is 11.7 Å². The molecule has 2 fully saturated rings. The minimum atomic E-state index is -1.81. The maximum Gasteiger partial charge on any atom is 0.333 e. The number of oxazole rings is 1. The fourth-order valence-electron chi connectivity index (χ4n) is 6.23. The van der Waals surface area contributed by atoms with Crippen LogP contribution in [0.5, 0.6) is 5.75 Å². The predicted molar refractivity (Wildman–Crippen MR) is 155 cm³/mol. The van der Waals surface area contributed by atoms with Crippen molar-refractivity contribution in [2.45, 2.75) is 57.9 Å². The molecule has 2 aliphatic rings. The van der Waals surface area contributed by atoms with Crippen molar-refractivity contribution in [1.82, 2.24) is 14.1 Å². The summed E-state index contributed by atoms with van der Waals surface area (Å²) in [6, 6.07) is 7.49. The number of carbonyl (C=O) groups is 1. The highest BCUT2D eigenvalue weighted by Gasteiger charge is 2.41. The number of carboxylic acids is 1. The van der Waals surface area contributed by atoms with E-state index in [1.54, 1.807) is 14.0 Å². The van der Waals surface area contributed by atoms with E-state index in [1.807, 2.05) is 24.3 Å². The number of aliphatic carboxylic acids is 1. The van der Waals surface area contributed by atoms with Crippen LogP contribution in [0.1, 0.15) is 43.9 Å². The minimum absolute atomic E-state index is 0.0268. The van der Waals surface area contributed by atoms with E-state index in [0.29, 0.717) is 38.7 Å². The number of aryl methyl sites for hydroxylation is 1. The molecule has 0 unspecified atom stereocenters. The number of hydrogen-bond acceptors (Lipinski definition) is 9. The van der Waals surface area contributed by atoms with Crippen LogP contribution >= 0.6 is 11.3 Å². The van der Waals surface area contributed by atoms with Gasteiger partial charge in [-0.2, -0.15) is 0 Å². The first-order chi connectivity index (χ1) is 20.1. The van der Waals surface area contributed by atoms with Crippen LogP contribution in [-0.2, 0) is 26.4 Å².